The van der Waals surface area contributed by atoms with Crippen LogP contribution in [-0.2, 0) is 6.61 Å². The summed E-state index contributed by atoms with van der Waals surface area (Å²) in [6.45, 7) is 2.54. The average molecular weight is 568 g/mol. The molecule has 0 amide bonds. The Morgan fingerprint density at radius 1 is 0.976 bits per heavy atom. The van der Waals surface area contributed by atoms with Crippen LogP contribution in [0.25, 0.3) is 33.5 Å². The summed E-state index contributed by atoms with van der Waals surface area (Å²) in [5.74, 6) is 1.36. The fourth-order valence-electron chi connectivity index (χ4n) is 4.37. The highest BCUT2D eigenvalue weighted by Crippen LogP contribution is 2.30. The third-order valence-electron chi connectivity index (χ3n) is 6.35. The molecule has 0 bridgehead atoms. The van der Waals surface area contributed by atoms with Gasteiger partial charge in [-0.25, -0.2) is 9.37 Å². The number of ether oxygens (including phenoxy) is 2. The first-order chi connectivity index (χ1) is 20.0. The van der Waals surface area contributed by atoms with Gasteiger partial charge in [-0.3, -0.25) is 4.79 Å². The maximum absolute atomic E-state index is 13.6. The summed E-state index contributed by atoms with van der Waals surface area (Å²) in [5, 5.41) is 6.30. The van der Waals surface area contributed by atoms with Crippen LogP contribution in [-0.4, -0.2) is 22.5 Å². The molecule has 9 heteroatoms. The zero-order valence-electron chi connectivity index (χ0n) is 21.9. The highest BCUT2D eigenvalue weighted by Gasteiger charge is 2.17. The van der Waals surface area contributed by atoms with Crippen LogP contribution in [0.3, 0.4) is 0 Å². The summed E-state index contributed by atoms with van der Waals surface area (Å²) >= 11 is 6.16. The second-order valence-corrected chi connectivity index (χ2v) is 9.60. The molecule has 0 N–H and O–H groups in total. The van der Waals surface area contributed by atoms with Gasteiger partial charge in [-0.1, -0.05) is 35.9 Å². The third kappa shape index (κ3) is 5.55. The van der Waals surface area contributed by atoms with Gasteiger partial charge in [0.2, 0.25) is 5.82 Å². The second-order valence-electron chi connectivity index (χ2n) is 9.16. The van der Waals surface area contributed by atoms with Gasteiger partial charge in [0.05, 0.1) is 23.7 Å². The van der Waals surface area contributed by atoms with E-state index < -0.39 is 0 Å². The molecule has 0 aliphatic carbocycles. The fourth-order valence-corrected chi connectivity index (χ4v) is 4.55. The molecule has 0 aliphatic rings. The van der Waals surface area contributed by atoms with E-state index in [1.165, 1.54) is 16.8 Å². The van der Waals surface area contributed by atoms with E-state index in [0.717, 1.165) is 10.9 Å². The Kier molecular flexibility index (Phi) is 7.22. The maximum atomic E-state index is 13.6. The molecule has 6 rings (SSSR count). The number of rotatable bonds is 8. The number of halogens is 2. The lowest BCUT2D eigenvalue weighted by Gasteiger charge is -2.13. The Morgan fingerprint density at radius 3 is 2.63 bits per heavy atom. The van der Waals surface area contributed by atoms with Crippen LogP contribution in [0.1, 0.15) is 18.1 Å². The molecule has 0 unspecified atom stereocenters. The van der Waals surface area contributed by atoms with Crippen LogP contribution in [0.5, 0.6) is 11.5 Å². The van der Waals surface area contributed by atoms with Crippen molar-refractivity contribution in [1.29, 1.82) is 0 Å². The van der Waals surface area contributed by atoms with Crippen molar-refractivity contribution in [3.05, 3.63) is 123 Å². The van der Waals surface area contributed by atoms with Gasteiger partial charge >= 0.3 is 0 Å². The molecule has 0 fully saturated rings. The molecule has 4 aromatic carbocycles. The zero-order chi connectivity index (χ0) is 28.3. The number of benzene rings is 4. The minimum Gasteiger partial charge on any atom is -0.490 e. The van der Waals surface area contributed by atoms with Crippen LogP contribution < -0.4 is 15.0 Å². The van der Waals surface area contributed by atoms with Crippen molar-refractivity contribution in [3.8, 4) is 23.1 Å². The molecule has 2 heterocycles. The van der Waals surface area contributed by atoms with E-state index in [2.05, 4.69) is 5.10 Å². The Hall–Kier alpha value is -4.95. The minimum absolute atomic E-state index is 0.248. The lowest BCUT2D eigenvalue weighted by atomic mass is 10.2. The van der Waals surface area contributed by atoms with E-state index in [0.29, 0.717) is 50.9 Å². The SMILES string of the molecule is CCOc1cc(C=Nn2c(-c3cc4cc(Cl)ccc4o3)nc3ccccc3c2=O)ccc1OCc1ccc(F)cc1. The smallest absolute Gasteiger partial charge is 0.282 e. The van der Waals surface area contributed by atoms with Gasteiger partial charge in [-0.2, -0.15) is 9.78 Å². The first kappa shape index (κ1) is 26.3. The molecule has 0 radical (unpaired) electrons. The van der Waals surface area contributed by atoms with Crippen LogP contribution in [0.2, 0.25) is 5.02 Å². The van der Waals surface area contributed by atoms with E-state index in [9.17, 15) is 9.18 Å². The normalized spacial score (nSPS) is 11.5. The molecule has 0 aliphatic heterocycles. The number of para-hydroxylation sites is 1. The Bertz CT molecular complexity index is 1970. The van der Waals surface area contributed by atoms with Gasteiger partial charge in [0, 0.05) is 10.4 Å². The van der Waals surface area contributed by atoms with Crippen molar-refractivity contribution in [2.45, 2.75) is 13.5 Å². The van der Waals surface area contributed by atoms with E-state index in [1.54, 1.807) is 79.0 Å². The molecule has 0 atom stereocenters. The predicted octanol–water partition coefficient (Wildman–Crippen LogP) is 7.46. The van der Waals surface area contributed by atoms with E-state index in [1.807, 2.05) is 13.0 Å². The van der Waals surface area contributed by atoms with Crippen molar-refractivity contribution in [2.24, 2.45) is 5.10 Å². The largest absolute Gasteiger partial charge is 0.490 e. The molecule has 6 aromatic rings. The van der Waals surface area contributed by atoms with Gasteiger partial charge in [0.1, 0.15) is 18.0 Å². The zero-order valence-corrected chi connectivity index (χ0v) is 22.6. The number of fused-ring (bicyclic) bond motifs is 2. The van der Waals surface area contributed by atoms with Crippen LogP contribution in [0.4, 0.5) is 4.39 Å². The van der Waals surface area contributed by atoms with Gasteiger partial charge in [-0.15, -0.1) is 0 Å². The standard InChI is InChI=1S/C32H23ClFN3O4/c1-2-39-29-15-21(9-13-28(29)40-19-20-7-11-24(34)12-8-20)18-35-37-31(36-26-6-4-3-5-25(26)32(37)38)30-17-22-16-23(33)10-14-27(22)41-30/h3-18H,2,19H2,1H3. The summed E-state index contributed by atoms with van der Waals surface area (Å²) in [4.78, 5) is 18.3. The van der Waals surface area contributed by atoms with Crippen molar-refractivity contribution in [2.75, 3.05) is 6.61 Å². The number of nitrogens with zero attached hydrogens (tertiary/aromatic N) is 3. The van der Waals surface area contributed by atoms with E-state index in [4.69, 9.17) is 30.5 Å². The van der Waals surface area contributed by atoms with Crippen molar-refractivity contribution in [3.63, 3.8) is 0 Å². The van der Waals surface area contributed by atoms with Crippen LogP contribution in [0.15, 0.2) is 105 Å². The predicted molar refractivity (Wildman–Crippen MR) is 158 cm³/mol. The highest BCUT2D eigenvalue weighted by molar-refractivity contribution is 6.31. The lowest BCUT2D eigenvalue weighted by Crippen LogP contribution is -2.20. The molecule has 41 heavy (non-hydrogen) atoms. The number of hydrogen-bond donors (Lipinski definition) is 0. The molecular formula is C32H23ClFN3O4. The molecule has 2 aromatic heterocycles. The van der Waals surface area contributed by atoms with Crippen molar-refractivity contribution >= 4 is 39.7 Å². The Labute approximate surface area is 239 Å². The first-order valence-corrected chi connectivity index (χ1v) is 13.3. The number of hydrogen-bond acceptors (Lipinski definition) is 6. The first-order valence-electron chi connectivity index (χ1n) is 12.9. The van der Waals surface area contributed by atoms with E-state index >= 15 is 0 Å². The highest BCUT2D eigenvalue weighted by atomic mass is 35.5. The molecule has 0 spiro atoms. The van der Waals surface area contributed by atoms with Crippen LogP contribution >= 0.6 is 11.6 Å². The molecule has 0 saturated carbocycles. The minimum atomic E-state index is -0.343. The van der Waals surface area contributed by atoms with Crippen LogP contribution in [0, 0.1) is 5.82 Å². The number of aromatic nitrogens is 2. The summed E-state index contributed by atoms with van der Waals surface area (Å²) in [6, 6.07) is 25.6. The average Bonchev–Trinajstić information content (AvgIpc) is 3.40. The fraction of sp³-hybridized carbons (Fsp3) is 0.0938. The quantitative estimate of drug-likeness (QED) is 0.178. The lowest BCUT2D eigenvalue weighted by molar-refractivity contribution is 0.269. The van der Waals surface area contributed by atoms with Gasteiger partial charge in [0.25, 0.3) is 5.56 Å². The summed E-state index contributed by atoms with van der Waals surface area (Å²) < 4.78 is 32.2. The monoisotopic (exact) mass is 567 g/mol. The van der Waals surface area contributed by atoms with Crippen molar-refractivity contribution < 1.29 is 18.3 Å². The summed E-state index contributed by atoms with van der Waals surface area (Å²) in [7, 11) is 0. The second kappa shape index (κ2) is 11.3. The van der Waals surface area contributed by atoms with E-state index in [-0.39, 0.29) is 23.8 Å². The molecule has 204 valence electrons. The molecule has 7 nitrogen and oxygen atoms in total. The molecular weight excluding hydrogens is 545 g/mol. The maximum Gasteiger partial charge on any atom is 0.282 e. The molecule has 0 saturated heterocycles. The topological polar surface area (TPSA) is 78.9 Å². The number of furan rings is 1. The third-order valence-corrected chi connectivity index (χ3v) is 6.59. The van der Waals surface area contributed by atoms with Gasteiger partial charge in [-0.05, 0) is 84.8 Å². The summed E-state index contributed by atoms with van der Waals surface area (Å²) in [6.07, 6.45) is 1.55. The summed E-state index contributed by atoms with van der Waals surface area (Å²) in [5.41, 5.74) is 2.29. The van der Waals surface area contributed by atoms with Gasteiger partial charge < -0.3 is 13.9 Å². The Morgan fingerprint density at radius 2 is 1.80 bits per heavy atom. The van der Waals surface area contributed by atoms with Gasteiger partial charge in [0.15, 0.2) is 17.3 Å². The Balaban J connectivity index is 1.37. The van der Waals surface area contributed by atoms with Crippen molar-refractivity contribution in [1.82, 2.24) is 9.66 Å².